The second kappa shape index (κ2) is 7.41. The van der Waals surface area contributed by atoms with Gasteiger partial charge < -0.3 is 14.4 Å². The van der Waals surface area contributed by atoms with Gasteiger partial charge in [-0.15, -0.1) is 0 Å². The Labute approximate surface area is 139 Å². The van der Waals surface area contributed by atoms with E-state index in [2.05, 4.69) is 21.0 Å². The maximum Gasteiger partial charge on any atom is 0.137 e. The van der Waals surface area contributed by atoms with Gasteiger partial charge >= 0.3 is 0 Å². The largest absolute Gasteiger partial charge is 0.395 e. The van der Waals surface area contributed by atoms with Crippen LogP contribution in [-0.4, -0.2) is 67.9 Å². The number of β-amino-alcohol motifs (C(OH)–C–C–N with tert-alkyl or cyclic N) is 1. The molecule has 0 bridgehead atoms. The number of hydrogen-bond donors (Lipinski definition) is 1. The zero-order valence-corrected chi connectivity index (χ0v) is 14.0. The highest BCUT2D eigenvalue weighted by Crippen LogP contribution is 2.18. The lowest BCUT2D eigenvalue weighted by atomic mass is 10.3. The van der Waals surface area contributed by atoms with Crippen molar-refractivity contribution in [2.45, 2.75) is 5.75 Å². The number of nitrogens with zero attached hydrogens (tertiary/aromatic N) is 4. The number of fused-ring (bicyclic) bond motifs is 1. The topological polar surface area (TPSA) is 44.0 Å². The molecule has 7 heteroatoms. The van der Waals surface area contributed by atoms with E-state index in [1.165, 1.54) is 0 Å². The summed E-state index contributed by atoms with van der Waals surface area (Å²) >= 11 is 7.22. The molecule has 22 heavy (non-hydrogen) atoms. The van der Waals surface area contributed by atoms with E-state index in [1.807, 2.05) is 28.8 Å². The van der Waals surface area contributed by atoms with Crippen LogP contribution in [0.25, 0.3) is 5.65 Å². The minimum absolute atomic E-state index is 0.229. The monoisotopic (exact) mass is 336 g/mol. The Morgan fingerprint density at radius 2 is 2.09 bits per heavy atom. The predicted molar refractivity (Wildman–Crippen MR) is 94.2 cm³/mol. The van der Waals surface area contributed by atoms with Crippen molar-refractivity contribution in [1.82, 2.24) is 19.2 Å². The molecule has 0 spiro atoms. The van der Waals surface area contributed by atoms with E-state index in [4.69, 9.17) is 17.3 Å². The van der Waals surface area contributed by atoms with E-state index in [1.54, 1.807) is 11.8 Å². The average Bonchev–Trinajstić information content (AvgIpc) is 2.96. The van der Waals surface area contributed by atoms with E-state index in [9.17, 15) is 0 Å². The first-order valence-corrected chi connectivity index (χ1v) is 8.83. The number of rotatable bonds is 4. The van der Waals surface area contributed by atoms with Gasteiger partial charge in [-0.1, -0.05) is 30.0 Å². The number of imidazole rings is 1. The molecule has 0 aromatic carbocycles. The summed E-state index contributed by atoms with van der Waals surface area (Å²) in [5.41, 5.74) is 2.03. The van der Waals surface area contributed by atoms with Crippen molar-refractivity contribution in [2.75, 3.05) is 39.3 Å². The van der Waals surface area contributed by atoms with Crippen molar-refractivity contribution in [1.29, 1.82) is 0 Å². The number of aromatic nitrogens is 2. The molecule has 1 saturated heterocycles. The van der Waals surface area contributed by atoms with Crippen LogP contribution in [-0.2, 0) is 5.75 Å². The van der Waals surface area contributed by atoms with Crippen LogP contribution in [0.5, 0.6) is 0 Å². The molecule has 3 rings (SSSR count). The Kier molecular flexibility index (Phi) is 5.30. The number of thioether (sulfide) groups is 1. The number of hydrogen-bond acceptors (Lipinski definition) is 5. The van der Waals surface area contributed by atoms with Gasteiger partial charge in [0.25, 0.3) is 0 Å². The molecule has 0 unspecified atom stereocenters. The average molecular weight is 336 g/mol. The maximum atomic E-state index is 8.97. The van der Waals surface area contributed by atoms with Crippen LogP contribution in [0.15, 0.2) is 30.6 Å². The van der Waals surface area contributed by atoms with Gasteiger partial charge in [-0.3, -0.25) is 4.90 Å². The first-order valence-electron chi connectivity index (χ1n) is 7.44. The molecule has 2 aromatic rings. The standard InChI is InChI=1S/C15H20N4OS2/c20-10-9-17-5-7-18(8-6-17)15(21)22-12-13-11-19-4-2-1-3-14(19)16-13/h1-4,11,20H,5-10,12H2. The number of piperazine rings is 1. The lowest BCUT2D eigenvalue weighted by Gasteiger charge is -2.35. The molecule has 5 nitrogen and oxygen atoms in total. The minimum Gasteiger partial charge on any atom is -0.395 e. The molecule has 0 aliphatic carbocycles. The predicted octanol–water partition coefficient (Wildman–Crippen LogP) is 1.46. The Bertz CT molecular complexity index is 604. The summed E-state index contributed by atoms with van der Waals surface area (Å²) in [6.45, 7) is 4.81. The van der Waals surface area contributed by atoms with E-state index in [0.29, 0.717) is 0 Å². The van der Waals surface area contributed by atoms with E-state index < -0.39 is 0 Å². The summed E-state index contributed by atoms with van der Waals surface area (Å²) in [6.07, 6.45) is 4.07. The molecule has 2 aromatic heterocycles. The quantitative estimate of drug-likeness (QED) is 0.853. The third kappa shape index (κ3) is 3.78. The SMILES string of the molecule is OCCN1CCN(C(=S)SCc2cn3ccccc3n2)CC1. The Morgan fingerprint density at radius 3 is 2.82 bits per heavy atom. The molecule has 3 heterocycles. The van der Waals surface area contributed by atoms with Crippen LogP contribution in [0.2, 0.25) is 0 Å². The summed E-state index contributed by atoms with van der Waals surface area (Å²) < 4.78 is 2.98. The normalized spacial score (nSPS) is 16.3. The van der Waals surface area contributed by atoms with Gasteiger partial charge in [0.15, 0.2) is 0 Å². The summed E-state index contributed by atoms with van der Waals surface area (Å²) in [4.78, 5) is 9.12. The molecule has 0 amide bonds. The zero-order chi connectivity index (χ0) is 15.4. The highest BCUT2D eigenvalue weighted by atomic mass is 32.2. The lowest BCUT2D eigenvalue weighted by molar-refractivity contribution is 0.149. The molecule has 0 atom stereocenters. The fourth-order valence-corrected chi connectivity index (χ4v) is 3.71. The van der Waals surface area contributed by atoms with Crippen molar-refractivity contribution < 1.29 is 5.11 Å². The van der Waals surface area contributed by atoms with E-state index >= 15 is 0 Å². The first-order chi connectivity index (χ1) is 10.8. The van der Waals surface area contributed by atoms with Gasteiger partial charge in [-0.2, -0.15) is 0 Å². The van der Waals surface area contributed by atoms with Crippen molar-refractivity contribution in [3.05, 3.63) is 36.3 Å². The van der Waals surface area contributed by atoms with Crippen LogP contribution in [0.4, 0.5) is 0 Å². The fraction of sp³-hybridized carbons (Fsp3) is 0.467. The minimum atomic E-state index is 0.229. The molecule has 118 valence electrons. The number of pyridine rings is 1. The Morgan fingerprint density at radius 1 is 1.27 bits per heavy atom. The van der Waals surface area contributed by atoms with Gasteiger partial charge in [-0.25, -0.2) is 4.98 Å². The molecule has 0 saturated carbocycles. The van der Waals surface area contributed by atoms with Gasteiger partial charge in [0, 0.05) is 50.9 Å². The van der Waals surface area contributed by atoms with Gasteiger partial charge in [0.1, 0.15) is 9.97 Å². The molecule has 1 aliphatic heterocycles. The third-order valence-corrected chi connectivity index (χ3v) is 5.36. The Balaban J connectivity index is 1.50. The van der Waals surface area contributed by atoms with Crippen LogP contribution >= 0.6 is 24.0 Å². The maximum absolute atomic E-state index is 8.97. The molecule has 1 N–H and O–H groups in total. The van der Waals surface area contributed by atoms with Gasteiger partial charge in [0.2, 0.25) is 0 Å². The van der Waals surface area contributed by atoms with Crippen LogP contribution < -0.4 is 0 Å². The third-order valence-electron chi connectivity index (χ3n) is 3.80. The fourth-order valence-electron chi connectivity index (χ4n) is 2.58. The van der Waals surface area contributed by atoms with Crippen LogP contribution in [0, 0.1) is 0 Å². The first kappa shape index (κ1) is 15.7. The highest BCUT2D eigenvalue weighted by Gasteiger charge is 2.18. The molecule has 1 aliphatic rings. The van der Waals surface area contributed by atoms with Gasteiger partial charge in [-0.05, 0) is 12.1 Å². The summed E-state index contributed by atoms with van der Waals surface area (Å²) in [5.74, 6) is 0.803. The van der Waals surface area contributed by atoms with Crippen molar-refractivity contribution in [2.24, 2.45) is 0 Å². The number of aliphatic hydroxyl groups excluding tert-OH is 1. The van der Waals surface area contributed by atoms with Crippen LogP contribution in [0.1, 0.15) is 5.69 Å². The lowest BCUT2D eigenvalue weighted by Crippen LogP contribution is -2.48. The summed E-state index contributed by atoms with van der Waals surface area (Å²) in [7, 11) is 0. The summed E-state index contributed by atoms with van der Waals surface area (Å²) in [5, 5.41) is 8.97. The number of aliphatic hydroxyl groups is 1. The second-order valence-electron chi connectivity index (χ2n) is 5.31. The molecule has 1 fully saturated rings. The van der Waals surface area contributed by atoms with E-state index in [-0.39, 0.29) is 6.61 Å². The second-order valence-corrected chi connectivity index (χ2v) is 6.91. The number of thiocarbonyl (C=S) groups is 1. The smallest absolute Gasteiger partial charge is 0.137 e. The molecular weight excluding hydrogens is 316 g/mol. The highest BCUT2D eigenvalue weighted by molar-refractivity contribution is 8.22. The summed E-state index contributed by atoms with van der Waals surface area (Å²) in [6, 6.07) is 6.00. The van der Waals surface area contributed by atoms with Crippen molar-refractivity contribution >= 4 is 33.9 Å². The van der Waals surface area contributed by atoms with Crippen molar-refractivity contribution in [3.63, 3.8) is 0 Å². The van der Waals surface area contributed by atoms with E-state index in [0.717, 1.165) is 54.1 Å². The zero-order valence-electron chi connectivity index (χ0n) is 12.4. The van der Waals surface area contributed by atoms with Gasteiger partial charge in [0.05, 0.1) is 12.3 Å². The molecular formula is C15H20N4OS2. The Hall–Kier alpha value is -1.15. The van der Waals surface area contributed by atoms with Crippen molar-refractivity contribution in [3.8, 4) is 0 Å². The molecule has 0 radical (unpaired) electrons. The van der Waals surface area contributed by atoms with Crippen LogP contribution in [0.3, 0.4) is 0 Å².